The van der Waals surface area contributed by atoms with Crippen LogP contribution in [0.25, 0.3) is 22.0 Å². The molecule has 4 rings (SSSR count). The lowest BCUT2D eigenvalue weighted by Gasteiger charge is -2.21. The predicted octanol–water partition coefficient (Wildman–Crippen LogP) is 6.35. The SMILES string of the molecule is Cc1nc2cc(F)c(-c3cnc(C(C)(C)O)nc3)cc2c(NC(C)c2cc(CCC(=O)O)ccc2F)c1Cl. The van der Waals surface area contributed by atoms with Crippen molar-refractivity contribution < 1.29 is 23.8 Å². The van der Waals surface area contributed by atoms with Crippen LogP contribution in [0.1, 0.15) is 55.9 Å². The summed E-state index contributed by atoms with van der Waals surface area (Å²) in [5.74, 6) is -1.73. The molecule has 0 saturated carbocycles. The van der Waals surface area contributed by atoms with Gasteiger partial charge in [-0.3, -0.25) is 9.78 Å². The van der Waals surface area contributed by atoms with E-state index in [2.05, 4.69) is 20.3 Å². The van der Waals surface area contributed by atoms with Crippen LogP contribution in [0.4, 0.5) is 14.5 Å². The summed E-state index contributed by atoms with van der Waals surface area (Å²) in [4.78, 5) is 23.7. The smallest absolute Gasteiger partial charge is 0.303 e. The molecular weight excluding hydrogens is 514 g/mol. The molecule has 4 aromatic rings. The van der Waals surface area contributed by atoms with Crippen molar-refractivity contribution in [3.63, 3.8) is 0 Å². The third-order valence-electron chi connectivity index (χ3n) is 6.21. The Bertz CT molecular complexity index is 1520. The highest BCUT2D eigenvalue weighted by Gasteiger charge is 2.22. The fraction of sp³-hybridized carbons (Fsp3) is 0.286. The summed E-state index contributed by atoms with van der Waals surface area (Å²) in [6.45, 7) is 6.56. The molecule has 0 saturated heterocycles. The van der Waals surface area contributed by atoms with E-state index in [4.69, 9.17) is 16.7 Å². The number of hydrogen-bond acceptors (Lipinski definition) is 6. The third kappa shape index (κ3) is 5.74. The summed E-state index contributed by atoms with van der Waals surface area (Å²) in [7, 11) is 0. The molecular formula is C28H27ClF2N4O3. The van der Waals surface area contributed by atoms with Crippen molar-refractivity contribution in [2.45, 2.75) is 52.2 Å². The lowest BCUT2D eigenvalue weighted by molar-refractivity contribution is -0.136. The Kier molecular flexibility index (Phi) is 7.62. The molecule has 0 bridgehead atoms. The number of carboxylic acid groups (broad SMARTS) is 1. The summed E-state index contributed by atoms with van der Waals surface area (Å²) >= 11 is 6.64. The van der Waals surface area contributed by atoms with Crippen molar-refractivity contribution in [1.29, 1.82) is 0 Å². The Morgan fingerprint density at radius 2 is 1.82 bits per heavy atom. The van der Waals surface area contributed by atoms with E-state index in [1.807, 2.05) is 0 Å². The summed E-state index contributed by atoms with van der Waals surface area (Å²) in [6.07, 6.45) is 3.06. The second-order valence-corrected chi connectivity index (χ2v) is 10.1. The molecule has 0 aliphatic rings. The number of hydrogen-bond donors (Lipinski definition) is 3. The highest BCUT2D eigenvalue weighted by Crippen LogP contribution is 2.38. The van der Waals surface area contributed by atoms with Gasteiger partial charge in [-0.25, -0.2) is 18.7 Å². The Labute approximate surface area is 223 Å². The lowest BCUT2D eigenvalue weighted by atomic mass is 10.00. The fourth-order valence-corrected chi connectivity index (χ4v) is 4.35. The molecule has 0 fully saturated rings. The van der Waals surface area contributed by atoms with Gasteiger partial charge < -0.3 is 15.5 Å². The Hall–Kier alpha value is -3.69. The van der Waals surface area contributed by atoms with Gasteiger partial charge in [-0.2, -0.15) is 0 Å². The highest BCUT2D eigenvalue weighted by molar-refractivity contribution is 6.35. The van der Waals surface area contributed by atoms with E-state index in [0.29, 0.717) is 44.0 Å². The van der Waals surface area contributed by atoms with Gasteiger partial charge in [0.05, 0.1) is 28.0 Å². The van der Waals surface area contributed by atoms with Crippen LogP contribution in [0.3, 0.4) is 0 Å². The Balaban J connectivity index is 1.77. The number of aliphatic carboxylic acids is 1. The van der Waals surface area contributed by atoms with E-state index >= 15 is 4.39 Å². The maximum absolute atomic E-state index is 15.2. The molecule has 2 aromatic carbocycles. The van der Waals surface area contributed by atoms with Crippen molar-refractivity contribution in [1.82, 2.24) is 15.0 Å². The number of carboxylic acids is 1. The van der Waals surface area contributed by atoms with Gasteiger partial charge in [-0.15, -0.1) is 0 Å². The lowest BCUT2D eigenvalue weighted by Crippen LogP contribution is -2.19. The number of nitrogens with one attached hydrogen (secondary N) is 1. The van der Waals surface area contributed by atoms with Gasteiger partial charge in [-0.1, -0.05) is 23.7 Å². The van der Waals surface area contributed by atoms with Gasteiger partial charge in [0.1, 0.15) is 17.2 Å². The second kappa shape index (κ2) is 10.6. The predicted molar refractivity (Wildman–Crippen MR) is 142 cm³/mol. The topological polar surface area (TPSA) is 108 Å². The van der Waals surface area contributed by atoms with Gasteiger partial charge in [0, 0.05) is 47.0 Å². The summed E-state index contributed by atoms with van der Waals surface area (Å²) in [6, 6.07) is 6.82. The van der Waals surface area contributed by atoms with Crippen LogP contribution in [-0.4, -0.2) is 31.1 Å². The number of carbonyl (C=O) groups is 1. The summed E-state index contributed by atoms with van der Waals surface area (Å²) in [5.41, 5.74) is 1.66. The van der Waals surface area contributed by atoms with E-state index in [-0.39, 0.29) is 24.2 Å². The van der Waals surface area contributed by atoms with E-state index in [9.17, 15) is 14.3 Å². The maximum Gasteiger partial charge on any atom is 0.303 e. The minimum Gasteiger partial charge on any atom is -0.481 e. The van der Waals surface area contributed by atoms with E-state index < -0.39 is 29.2 Å². The zero-order valence-electron chi connectivity index (χ0n) is 21.3. The number of aromatic nitrogens is 3. The van der Waals surface area contributed by atoms with E-state index in [0.717, 1.165) is 0 Å². The second-order valence-electron chi connectivity index (χ2n) is 9.71. The first-order valence-electron chi connectivity index (χ1n) is 12.0. The van der Waals surface area contributed by atoms with Crippen LogP contribution in [-0.2, 0) is 16.8 Å². The van der Waals surface area contributed by atoms with Crippen LogP contribution in [0.5, 0.6) is 0 Å². The molecule has 3 N–H and O–H groups in total. The number of pyridine rings is 1. The van der Waals surface area contributed by atoms with Crippen LogP contribution in [0.2, 0.25) is 5.02 Å². The summed E-state index contributed by atoms with van der Waals surface area (Å²) < 4.78 is 30.0. The minimum absolute atomic E-state index is 0.0677. The molecule has 0 radical (unpaired) electrons. The Morgan fingerprint density at radius 1 is 1.13 bits per heavy atom. The van der Waals surface area contributed by atoms with Gasteiger partial charge in [0.25, 0.3) is 0 Å². The first-order chi connectivity index (χ1) is 17.8. The quantitative estimate of drug-likeness (QED) is 0.239. The van der Waals surface area contributed by atoms with E-state index in [1.54, 1.807) is 45.9 Å². The monoisotopic (exact) mass is 540 g/mol. The molecule has 1 atom stereocenters. The van der Waals surface area contributed by atoms with Gasteiger partial charge in [0.15, 0.2) is 5.82 Å². The normalized spacial score (nSPS) is 12.5. The zero-order valence-corrected chi connectivity index (χ0v) is 22.1. The van der Waals surface area contributed by atoms with Crippen LogP contribution in [0, 0.1) is 18.6 Å². The number of benzene rings is 2. The van der Waals surface area contributed by atoms with Gasteiger partial charge >= 0.3 is 5.97 Å². The standard InChI is InChI=1S/C28H27ClF2N4O3/c1-14(18-9-16(5-7-21(18)30)6-8-24(36)37)35-26-20-10-19(17-12-32-27(33-13-17)28(3,4)38)22(31)11-23(20)34-15(2)25(26)29/h5,7,9-14,38H,6,8H2,1-4H3,(H,34,35)(H,36,37). The van der Waals surface area contributed by atoms with Crippen LogP contribution in [0.15, 0.2) is 42.7 Å². The average molecular weight is 541 g/mol. The number of rotatable bonds is 8. The molecule has 198 valence electrons. The summed E-state index contributed by atoms with van der Waals surface area (Å²) in [5, 5.41) is 23.2. The molecule has 0 aliphatic carbocycles. The molecule has 2 aromatic heterocycles. The molecule has 0 aliphatic heterocycles. The van der Waals surface area contributed by atoms with Crippen molar-refractivity contribution >= 4 is 34.2 Å². The minimum atomic E-state index is -1.25. The number of anilines is 1. The van der Waals surface area contributed by atoms with Gasteiger partial charge in [0.2, 0.25) is 0 Å². The van der Waals surface area contributed by atoms with Crippen molar-refractivity contribution in [3.8, 4) is 11.1 Å². The molecule has 1 unspecified atom stereocenters. The molecule has 0 spiro atoms. The van der Waals surface area contributed by atoms with Gasteiger partial charge in [-0.05, 0) is 51.8 Å². The molecule has 7 nitrogen and oxygen atoms in total. The maximum atomic E-state index is 15.2. The van der Waals surface area contributed by atoms with E-state index in [1.165, 1.54) is 24.5 Å². The number of aliphatic hydroxyl groups is 1. The molecule has 2 heterocycles. The molecule has 38 heavy (non-hydrogen) atoms. The van der Waals surface area contributed by atoms with Crippen LogP contribution >= 0.6 is 11.6 Å². The Morgan fingerprint density at radius 3 is 2.45 bits per heavy atom. The zero-order chi connectivity index (χ0) is 27.8. The first-order valence-corrected chi connectivity index (χ1v) is 12.3. The van der Waals surface area contributed by atoms with Crippen molar-refractivity contribution in [2.24, 2.45) is 0 Å². The molecule has 10 heteroatoms. The fourth-order valence-electron chi connectivity index (χ4n) is 4.16. The number of aryl methyl sites for hydroxylation is 2. The van der Waals surface area contributed by atoms with Crippen LogP contribution < -0.4 is 5.32 Å². The first kappa shape index (κ1) is 27.3. The largest absolute Gasteiger partial charge is 0.481 e. The van der Waals surface area contributed by atoms with Crippen molar-refractivity contribution in [3.05, 3.63) is 82.0 Å². The highest BCUT2D eigenvalue weighted by atomic mass is 35.5. The number of nitrogens with zero attached hydrogens (tertiary/aromatic N) is 3. The number of fused-ring (bicyclic) bond motifs is 1. The number of halogens is 3. The third-order valence-corrected chi connectivity index (χ3v) is 6.67. The molecule has 0 amide bonds. The average Bonchev–Trinajstić information content (AvgIpc) is 2.85. The van der Waals surface area contributed by atoms with Crippen molar-refractivity contribution in [2.75, 3.05) is 5.32 Å².